The average molecular weight is 626 g/mol. The van der Waals surface area contributed by atoms with E-state index in [1.807, 2.05) is 0 Å². The molecule has 19 heteroatoms. The van der Waals surface area contributed by atoms with E-state index in [-0.39, 0.29) is 35.3 Å². The van der Waals surface area contributed by atoms with E-state index in [2.05, 4.69) is 46.4 Å². The Labute approximate surface area is 251 Å². The first kappa shape index (κ1) is 29.6. The number of oxime groups is 1. The van der Waals surface area contributed by atoms with E-state index in [1.54, 1.807) is 30.3 Å². The number of tetrazole rings is 1. The Kier molecular flexibility index (Phi) is 9.23. The lowest BCUT2D eigenvalue weighted by Crippen LogP contribution is -2.71. The SMILES string of the molecule is NCCC(Sc1nn[nH]n1)C1=C(C(=O)O)N2C(=O)C(NC(=O)C(=NOc3ccccc3)c3nccc(NC=O)n3)[C@H]2SC1. The molecule has 2 unspecified atom stereocenters. The van der Waals surface area contributed by atoms with Crippen molar-refractivity contribution in [2.45, 2.75) is 28.2 Å². The van der Waals surface area contributed by atoms with E-state index in [0.29, 0.717) is 29.3 Å². The quantitative estimate of drug-likeness (QED) is 0.0533. The first-order valence-corrected chi connectivity index (χ1v) is 14.5. The maximum atomic E-state index is 13.5. The Morgan fingerprint density at radius 2 is 2.14 bits per heavy atom. The van der Waals surface area contributed by atoms with E-state index >= 15 is 0 Å². The standard InChI is InChI=1S/C24H23N11O6S2/c25-8-6-14(43-24-30-33-34-31-24)13-10-42-22-17(21(38)35(22)18(13)23(39)40)29-20(37)16(32-41-12-4-2-1-3-5-12)19-26-9-7-15(28-19)27-11-36/h1-5,7,9,11,14,17,22H,6,8,10,25H2,(H,29,37)(H,39,40)(H,26,27,28,36)(H,30,31,33,34)/t14?,17?,22-/m1/s1. The molecular weight excluding hydrogens is 602 g/mol. The number of para-hydroxylation sites is 1. The number of aromatic amines is 1. The molecule has 1 saturated heterocycles. The number of nitrogens with zero attached hydrogens (tertiary/aromatic N) is 7. The Morgan fingerprint density at radius 1 is 1.33 bits per heavy atom. The summed E-state index contributed by atoms with van der Waals surface area (Å²) in [6, 6.07) is 8.74. The number of rotatable bonds is 13. The van der Waals surface area contributed by atoms with Gasteiger partial charge >= 0.3 is 5.97 Å². The fourth-order valence-corrected chi connectivity index (χ4v) is 6.82. The zero-order valence-electron chi connectivity index (χ0n) is 22.0. The minimum absolute atomic E-state index is 0.100. The first-order chi connectivity index (χ1) is 20.9. The molecule has 2 aromatic heterocycles. The van der Waals surface area contributed by atoms with Gasteiger partial charge in [0, 0.05) is 17.2 Å². The van der Waals surface area contributed by atoms with Crippen LogP contribution in [0.25, 0.3) is 0 Å². The van der Waals surface area contributed by atoms with E-state index in [0.717, 1.165) is 4.90 Å². The molecular formula is C24H23N11O6S2. The minimum atomic E-state index is -1.29. The number of hydrogen-bond donors (Lipinski definition) is 5. The molecule has 0 bridgehead atoms. The summed E-state index contributed by atoms with van der Waals surface area (Å²) >= 11 is 2.48. The number of fused-ring (bicyclic) bond motifs is 1. The van der Waals surface area contributed by atoms with Crippen LogP contribution in [0, 0.1) is 0 Å². The van der Waals surface area contributed by atoms with Gasteiger partial charge in [-0.05, 0) is 42.0 Å². The monoisotopic (exact) mass is 625 g/mol. The predicted octanol–water partition coefficient (Wildman–Crippen LogP) is -0.411. The van der Waals surface area contributed by atoms with Crippen molar-refractivity contribution in [2.75, 3.05) is 17.6 Å². The second-order valence-electron chi connectivity index (χ2n) is 8.79. The van der Waals surface area contributed by atoms with Gasteiger partial charge in [-0.3, -0.25) is 19.3 Å². The van der Waals surface area contributed by atoms with Gasteiger partial charge in [0.15, 0.2) is 11.6 Å². The molecule has 2 aliphatic rings. The van der Waals surface area contributed by atoms with E-state index in [9.17, 15) is 24.3 Å². The van der Waals surface area contributed by atoms with Crippen molar-refractivity contribution in [3.63, 3.8) is 0 Å². The summed E-state index contributed by atoms with van der Waals surface area (Å²) in [5.74, 6) is -2.28. The highest BCUT2D eigenvalue weighted by Crippen LogP contribution is 2.44. The van der Waals surface area contributed by atoms with Crippen LogP contribution in [-0.2, 0) is 19.2 Å². The van der Waals surface area contributed by atoms with Crippen molar-refractivity contribution in [3.8, 4) is 5.75 Å². The summed E-state index contributed by atoms with van der Waals surface area (Å²) in [5.41, 5.74) is 5.73. The van der Waals surface area contributed by atoms with Crippen molar-refractivity contribution < 1.29 is 29.1 Å². The molecule has 3 amide bonds. The average Bonchev–Trinajstić information content (AvgIpc) is 3.53. The summed E-state index contributed by atoms with van der Waals surface area (Å²) in [6.07, 6.45) is 2.12. The third-order valence-corrected chi connectivity index (χ3v) is 8.64. The van der Waals surface area contributed by atoms with Crippen LogP contribution in [0.1, 0.15) is 12.2 Å². The number of anilines is 1. The normalized spacial score (nSPS) is 18.8. The smallest absolute Gasteiger partial charge is 0.352 e. The fraction of sp³-hybridized carbons (Fsp3) is 0.250. The lowest BCUT2D eigenvalue weighted by Gasteiger charge is -2.50. The maximum Gasteiger partial charge on any atom is 0.352 e. The van der Waals surface area contributed by atoms with Gasteiger partial charge in [0.1, 0.15) is 22.9 Å². The summed E-state index contributed by atoms with van der Waals surface area (Å²) in [6.45, 7) is 0.255. The summed E-state index contributed by atoms with van der Waals surface area (Å²) in [7, 11) is 0. The lowest BCUT2D eigenvalue weighted by molar-refractivity contribution is -0.150. The van der Waals surface area contributed by atoms with Gasteiger partial charge in [-0.15, -0.1) is 22.0 Å². The maximum absolute atomic E-state index is 13.5. The van der Waals surface area contributed by atoms with Crippen LogP contribution in [0.2, 0.25) is 0 Å². The van der Waals surface area contributed by atoms with Crippen LogP contribution in [0.5, 0.6) is 5.75 Å². The molecule has 1 fully saturated rings. The van der Waals surface area contributed by atoms with Gasteiger partial charge in [0.2, 0.25) is 17.3 Å². The van der Waals surface area contributed by atoms with Crippen LogP contribution in [-0.4, -0.2) is 99.5 Å². The minimum Gasteiger partial charge on any atom is -0.477 e. The highest BCUT2D eigenvalue weighted by atomic mass is 32.2. The van der Waals surface area contributed by atoms with Crippen molar-refractivity contribution in [2.24, 2.45) is 10.9 Å². The van der Waals surface area contributed by atoms with Gasteiger partial charge in [-0.2, -0.15) is 5.21 Å². The van der Waals surface area contributed by atoms with E-state index in [1.165, 1.54) is 35.8 Å². The van der Waals surface area contributed by atoms with Gasteiger partial charge in [0.25, 0.3) is 11.8 Å². The Morgan fingerprint density at radius 3 is 2.84 bits per heavy atom. The van der Waals surface area contributed by atoms with E-state index < -0.39 is 34.4 Å². The first-order valence-electron chi connectivity index (χ1n) is 12.6. The Bertz CT molecular complexity index is 1570. The zero-order chi connectivity index (χ0) is 30.3. The molecule has 3 aromatic rings. The van der Waals surface area contributed by atoms with Gasteiger partial charge in [-0.1, -0.05) is 35.1 Å². The Hall–Kier alpha value is -4.88. The van der Waals surface area contributed by atoms with Gasteiger partial charge in [0.05, 0.1) is 0 Å². The number of carboxylic acids is 1. The zero-order valence-corrected chi connectivity index (χ0v) is 23.6. The number of carbonyl (C=O) groups is 4. The molecule has 0 aliphatic carbocycles. The van der Waals surface area contributed by atoms with Crippen molar-refractivity contribution in [3.05, 3.63) is 59.7 Å². The molecule has 3 atom stereocenters. The van der Waals surface area contributed by atoms with Crippen LogP contribution >= 0.6 is 23.5 Å². The second kappa shape index (κ2) is 13.4. The molecule has 0 radical (unpaired) electrons. The molecule has 5 rings (SSSR count). The predicted molar refractivity (Wildman–Crippen MR) is 153 cm³/mol. The van der Waals surface area contributed by atoms with Crippen LogP contribution in [0.3, 0.4) is 0 Å². The number of carboxylic acid groups (broad SMARTS) is 1. The Balaban J connectivity index is 1.39. The number of H-pyrrole nitrogens is 1. The number of β-lactam (4-membered cyclic amide) rings is 1. The van der Waals surface area contributed by atoms with Crippen LogP contribution < -0.4 is 21.2 Å². The highest BCUT2D eigenvalue weighted by Gasteiger charge is 2.55. The number of nitrogens with one attached hydrogen (secondary N) is 3. The van der Waals surface area contributed by atoms with Crippen LogP contribution in [0.15, 0.2) is 64.2 Å². The van der Waals surface area contributed by atoms with Crippen LogP contribution in [0.4, 0.5) is 5.82 Å². The molecule has 1 aromatic carbocycles. The molecule has 2 aliphatic heterocycles. The number of benzene rings is 1. The number of carbonyl (C=O) groups excluding carboxylic acids is 3. The van der Waals surface area contributed by atoms with Crippen molar-refractivity contribution in [1.82, 2.24) is 40.8 Å². The molecule has 6 N–H and O–H groups in total. The molecule has 43 heavy (non-hydrogen) atoms. The fourth-order valence-electron chi connectivity index (χ4n) is 4.26. The highest BCUT2D eigenvalue weighted by molar-refractivity contribution is 8.01. The summed E-state index contributed by atoms with van der Waals surface area (Å²) in [5, 5.41) is 31.9. The molecule has 222 valence electrons. The number of amides is 3. The van der Waals surface area contributed by atoms with Crippen molar-refractivity contribution in [1.29, 1.82) is 0 Å². The molecule has 0 saturated carbocycles. The number of aliphatic carboxylic acids is 1. The number of nitrogens with two attached hydrogens (primary N) is 1. The van der Waals surface area contributed by atoms with Gasteiger partial charge < -0.3 is 26.3 Å². The number of thioether (sulfide) groups is 2. The van der Waals surface area contributed by atoms with Crippen molar-refractivity contribution >= 4 is 59.2 Å². The second-order valence-corrected chi connectivity index (χ2v) is 11.1. The molecule has 0 spiro atoms. The van der Waals surface area contributed by atoms with Gasteiger partial charge in [-0.25, -0.2) is 14.8 Å². The molecule has 17 nitrogen and oxygen atoms in total. The summed E-state index contributed by atoms with van der Waals surface area (Å²) < 4.78 is 0. The lowest BCUT2D eigenvalue weighted by atomic mass is 10.00. The molecule has 4 heterocycles. The third-order valence-electron chi connectivity index (χ3n) is 6.15. The topological polar surface area (TPSA) is 244 Å². The third kappa shape index (κ3) is 6.47. The number of hydrogen-bond acceptors (Lipinski definition) is 14. The van der Waals surface area contributed by atoms with E-state index in [4.69, 9.17) is 10.6 Å². The largest absolute Gasteiger partial charge is 0.477 e. The summed E-state index contributed by atoms with van der Waals surface area (Å²) in [4.78, 5) is 64.9. The number of aromatic nitrogens is 6.